The number of rotatable bonds is 5. The SMILES string of the molecule is CCOc1ccc(C(=O)C2(CC)CCCNC2)cc1. The number of nitrogens with one attached hydrogen (secondary N) is 1. The van der Waals surface area contributed by atoms with Gasteiger partial charge < -0.3 is 10.1 Å². The van der Waals surface area contributed by atoms with E-state index in [1.54, 1.807) is 0 Å². The molecule has 0 aliphatic carbocycles. The second-order valence-electron chi connectivity index (χ2n) is 5.20. The number of ketones is 1. The van der Waals surface area contributed by atoms with E-state index in [0.717, 1.165) is 43.7 Å². The number of benzene rings is 1. The molecule has 1 aromatic carbocycles. The van der Waals surface area contributed by atoms with Crippen LogP contribution in [0, 0.1) is 5.41 Å². The van der Waals surface area contributed by atoms with Crippen molar-refractivity contribution in [3.8, 4) is 5.75 Å². The van der Waals surface area contributed by atoms with E-state index in [9.17, 15) is 4.79 Å². The summed E-state index contributed by atoms with van der Waals surface area (Å²) in [4.78, 5) is 12.7. The molecule has 0 amide bonds. The lowest BCUT2D eigenvalue weighted by molar-refractivity contribution is 0.0730. The minimum Gasteiger partial charge on any atom is -0.494 e. The fourth-order valence-electron chi connectivity index (χ4n) is 2.80. The Morgan fingerprint density at radius 1 is 1.32 bits per heavy atom. The third kappa shape index (κ3) is 2.98. The van der Waals surface area contributed by atoms with E-state index >= 15 is 0 Å². The van der Waals surface area contributed by atoms with Crippen molar-refractivity contribution in [2.45, 2.75) is 33.1 Å². The molecule has 1 unspecified atom stereocenters. The van der Waals surface area contributed by atoms with Gasteiger partial charge in [0.25, 0.3) is 0 Å². The van der Waals surface area contributed by atoms with Crippen molar-refractivity contribution in [3.63, 3.8) is 0 Å². The summed E-state index contributed by atoms with van der Waals surface area (Å²) < 4.78 is 5.41. The predicted molar refractivity (Wildman–Crippen MR) is 76.8 cm³/mol. The first-order chi connectivity index (χ1) is 9.22. The standard InChI is InChI=1S/C16H23NO2/c1-3-16(10-5-11-17-12-16)15(18)13-6-8-14(9-7-13)19-4-2/h6-9,17H,3-5,10-12H2,1-2H3. The van der Waals surface area contributed by atoms with Crippen LogP contribution in [0.1, 0.15) is 43.5 Å². The Bertz CT molecular complexity index is 419. The summed E-state index contributed by atoms with van der Waals surface area (Å²) in [5.74, 6) is 1.09. The quantitative estimate of drug-likeness (QED) is 0.828. The van der Waals surface area contributed by atoms with Gasteiger partial charge in [-0.25, -0.2) is 0 Å². The number of carbonyl (C=O) groups is 1. The van der Waals surface area contributed by atoms with E-state index in [0.29, 0.717) is 6.61 Å². The Labute approximate surface area is 115 Å². The Morgan fingerprint density at radius 2 is 2.05 bits per heavy atom. The molecule has 1 atom stereocenters. The van der Waals surface area contributed by atoms with E-state index in [-0.39, 0.29) is 11.2 Å². The normalized spacial score (nSPS) is 23.1. The van der Waals surface area contributed by atoms with Crippen molar-refractivity contribution < 1.29 is 9.53 Å². The van der Waals surface area contributed by atoms with Gasteiger partial charge in [-0.1, -0.05) is 6.92 Å². The highest BCUT2D eigenvalue weighted by Crippen LogP contribution is 2.34. The average molecular weight is 261 g/mol. The van der Waals surface area contributed by atoms with E-state index in [4.69, 9.17) is 4.74 Å². The van der Waals surface area contributed by atoms with E-state index < -0.39 is 0 Å². The largest absolute Gasteiger partial charge is 0.494 e. The number of ether oxygens (including phenoxy) is 1. The van der Waals surface area contributed by atoms with Crippen molar-refractivity contribution in [1.82, 2.24) is 5.32 Å². The summed E-state index contributed by atoms with van der Waals surface area (Å²) in [5, 5.41) is 3.36. The van der Waals surface area contributed by atoms with Crippen LogP contribution in [0.15, 0.2) is 24.3 Å². The topological polar surface area (TPSA) is 38.3 Å². The van der Waals surface area contributed by atoms with Gasteiger partial charge in [-0.2, -0.15) is 0 Å². The van der Waals surface area contributed by atoms with Gasteiger partial charge in [0.15, 0.2) is 5.78 Å². The molecule has 2 rings (SSSR count). The Morgan fingerprint density at radius 3 is 2.58 bits per heavy atom. The van der Waals surface area contributed by atoms with E-state index in [2.05, 4.69) is 12.2 Å². The summed E-state index contributed by atoms with van der Waals surface area (Å²) in [5.41, 5.74) is 0.583. The first kappa shape index (κ1) is 14.1. The average Bonchev–Trinajstić information content (AvgIpc) is 2.48. The zero-order chi connectivity index (χ0) is 13.7. The van der Waals surface area contributed by atoms with Crippen LogP contribution in [0.5, 0.6) is 5.75 Å². The fourth-order valence-corrected chi connectivity index (χ4v) is 2.80. The van der Waals surface area contributed by atoms with E-state index in [1.165, 1.54) is 0 Å². The van der Waals surface area contributed by atoms with Gasteiger partial charge in [0, 0.05) is 17.5 Å². The zero-order valence-corrected chi connectivity index (χ0v) is 11.9. The molecule has 1 aromatic rings. The Balaban J connectivity index is 2.17. The van der Waals surface area contributed by atoms with Gasteiger partial charge in [-0.05, 0) is 57.0 Å². The van der Waals surface area contributed by atoms with Crippen LogP contribution >= 0.6 is 0 Å². The zero-order valence-electron chi connectivity index (χ0n) is 11.9. The summed E-state index contributed by atoms with van der Waals surface area (Å²) in [6.45, 7) is 6.54. The number of Topliss-reactive ketones (excluding diaryl/α,β-unsaturated/α-hetero) is 1. The van der Waals surface area contributed by atoms with Crippen LogP contribution in [-0.2, 0) is 0 Å². The number of carbonyl (C=O) groups excluding carboxylic acids is 1. The maximum atomic E-state index is 12.7. The van der Waals surface area contributed by atoms with Crippen molar-refractivity contribution in [2.24, 2.45) is 5.41 Å². The van der Waals surface area contributed by atoms with Crippen LogP contribution in [-0.4, -0.2) is 25.5 Å². The first-order valence-corrected chi connectivity index (χ1v) is 7.20. The monoisotopic (exact) mass is 261 g/mol. The maximum absolute atomic E-state index is 12.7. The van der Waals surface area contributed by atoms with Crippen LogP contribution in [0.3, 0.4) is 0 Å². The highest BCUT2D eigenvalue weighted by atomic mass is 16.5. The lowest BCUT2D eigenvalue weighted by atomic mass is 9.73. The van der Waals surface area contributed by atoms with Crippen molar-refractivity contribution in [2.75, 3.05) is 19.7 Å². The molecular formula is C16H23NO2. The second-order valence-corrected chi connectivity index (χ2v) is 5.20. The van der Waals surface area contributed by atoms with Crippen molar-refractivity contribution in [3.05, 3.63) is 29.8 Å². The smallest absolute Gasteiger partial charge is 0.170 e. The Kier molecular flexibility index (Phi) is 4.59. The van der Waals surface area contributed by atoms with Gasteiger partial charge in [0.2, 0.25) is 0 Å². The number of hydrogen-bond acceptors (Lipinski definition) is 3. The highest BCUT2D eigenvalue weighted by molar-refractivity contribution is 6.00. The van der Waals surface area contributed by atoms with E-state index in [1.807, 2.05) is 31.2 Å². The molecule has 1 aliphatic rings. The van der Waals surface area contributed by atoms with Gasteiger partial charge in [-0.15, -0.1) is 0 Å². The molecule has 0 saturated carbocycles. The molecule has 0 bridgehead atoms. The molecule has 1 heterocycles. The molecule has 1 N–H and O–H groups in total. The molecule has 19 heavy (non-hydrogen) atoms. The highest BCUT2D eigenvalue weighted by Gasteiger charge is 2.38. The second kappa shape index (κ2) is 6.20. The third-order valence-electron chi connectivity index (χ3n) is 4.06. The predicted octanol–water partition coefficient (Wildman–Crippen LogP) is 3.05. The molecular weight excluding hydrogens is 238 g/mol. The van der Waals surface area contributed by atoms with Crippen LogP contribution in [0.25, 0.3) is 0 Å². The fraction of sp³-hybridized carbons (Fsp3) is 0.562. The van der Waals surface area contributed by atoms with Crippen molar-refractivity contribution in [1.29, 1.82) is 0 Å². The summed E-state index contributed by atoms with van der Waals surface area (Å²) in [6.07, 6.45) is 2.96. The molecule has 0 radical (unpaired) electrons. The van der Waals surface area contributed by atoms with Crippen LogP contribution < -0.4 is 10.1 Å². The lowest BCUT2D eigenvalue weighted by Gasteiger charge is -2.35. The van der Waals surface area contributed by atoms with Crippen molar-refractivity contribution >= 4 is 5.78 Å². The minimum absolute atomic E-state index is 0.217. The maximum Gasteiger partial charge on any atom is 0.170 e. The molecule has 104 valence electrons. The van der Waals surface area contributed by atoms with Crippen LogP contribution in [0.4, 0.5) is 0 Å². The number of piperidine rings is 1. The molecule has 1 fully saturated rings. The summed E-state index contributed by atoms with van der Waals surface area (Å²) in [6, 6.07) is 7.55. The summed E-state index contributed by atoms with van der Waals surface area (Å²) >= 11 is 0. The Hall–Kier alpha value is -1.35. The molecule has 3 nitrogen and oxygen atoms in total. The van der Waals surface area contributed by atoms with Gasteiger partial charge in [0.05, 0.1) is 6.61 Å². The molecule has 0 aromatic heterocycles. The lowest BCUT2D eigenvalue weighted by Crippen LogP contribution is -2.45. The molecule has 0 spiro atoms. The number of hydrogen-bond donors (Lipinski definition) is 1. The van der Waals surface area contributed by atoms with Gasteiger partial charge in [-0.3, -0.25) is 4.79 Å². The summed E-state index contributed by atoms with van der Waals surface area (Å²) in [7, 11) is 0. The first-order valence-electron chi connectivity index (χ1n) is 7.20. The van der Waals surface area contributed by atoms with Gasteiger partial charge in [0.1, 0.15) is 5.75 Å². The van der Waals surface area contributed by atoms with Gasteiger partial charge >= 0.3 is 0 Å². The molecule has 1 aliphatic heterocycles. The third-order valence-corrected chi connectivity index (χ3v) is 4.06. The molecule has 3 heteroatoms. The minimum atomic E-state index is -0.217. The van der Waals surface area contributed by atoms with Crippen LogP contribution in [0.2, 0.25) is 0 Å². The molecule has 1 saturated heterocycles.